The van der Waals surface area contributed by atoms with Crippen molar-refractivity contribution in [2.24, 2.45) is 11.1 Å². The Morgan fingerprint density at radius 2 is 2.06 bits per heavy atom. The van der Waals surface area contributed by atoms with Gasteiger partial charge in [-0.05, 0) is 22.3 Å². The number of hydrogen-bond donors (Lipinski definition) is 1. The van der Waals surface area contributed by atoms with Gasteiger partial charge in [-0.2, -0.15) is 0 Å². The molecule has 5 heteroatoms. The molecule has 1 aromatic rings. The second-order valence-corrected chi connectivity index (χ2v) is 5.08. The van der Waals surface area contributed by atoms with Crippen LogP contribution in [0.15, 0.2) is 0 Å². The van der Waals surface area contributed by atoms with Gasteiger partial charge in [0.2, 0.25) is 0 Å². The van der Waals surface area contributed by atoms with Crippen molar-refractivity contribution in [1.82, 2.24) is 20.2 Å². The first-order chi connectivity index (χ1) is 7.59. The van der Waals surface area contributed by atoms with Crippen LogP contribution in [-0.4, -0.2) is 20.2 Å². The van der Waals surface area contributed by atoms with Crippen molar-refractivity contribution >= 4 is 0 Å². The molecule has 92 valence electrons. The van der Waals surface area contributed by atoms with Crippen molar-refractivity contribution in [2.75, 3.05) is 0 Å². The molecule has 16 heavy (non-hydrogen) atoms. The predicted octanol–water partition coefficient (Wildman–Crippen LogP) is 1.74. The van der Waals surface area contributed by atoms with Gasteiger partial charge in [-0.25, -0.2) is 4.68 Å². The molecule has 0 radical (unpaired) electrons. The van der Waals surface area contributed by atoms with Gasteiger partial charge in [-0.1, -0.05) is 40.0 Å². The number of nitrogens with two attached hydrogens (primary N) is 1. The summed E-state index contributed by atoms with van der Waals surface area (Å²) in [5.41, 5.74) is 5.80. The number of hydrogen-bond acceptors (Lipinski definition) is 4. The summed E-state index contributed by atoms with van der Waals surface area (Å²) in [6, 6.07) is 0. The third-order valence-electron chi connectivity index (χ3n) is 2.82. The van der Waals surface area contributed by atoms with Crippen LogP contribution in [0.5, 0.6) is 0 Å². The molecule has 1 aromatic heterocycles. The van der Waals surface area contributed by atoms with Gasteiger partial charge in [0.05, 0.1) is 6.54 Å². The van der Waals surface area contributed by atoms with Crippen LogP contribution < -0.4 is 5.73 Å². The molecule has 0 aliphatic heterocycles. The second kappa shape index (κ2) is 5.94. The molecular weight excluding hydrogens is 202 g/mol. The molecule has 0 saturated heterocycles. The first-order valence-corrected chi connectivity index (χ1v) is 6.04. The van der Waals surface area contributed by atoms with Crippen LogP contribution in [0.1, 0.15) is 52.3 Å². The lowest BCUT2D eigenvalue weighted by molar-refractivity contribution is 0.253. The van der Waals surface area contributed by atoms with Gasteiger partial charge < -0.3 is 5.73 Å². The van der Waals surface area contributed by atoms with Crippen LogP contribution in [0, 0.1) is 5.41 Å². The minimum absolute atomic E-state index is 0.231. The van der Waals surface area contributed by atoms with Gasteiger partial charge in [0.1, 0.15) is 0 Å². The van der Waals surface area contributed by atoms with E-state index < -0.39 is 0 Å². The topological polar surface area (TPSA) is 69.6 Å². The Bertz CT molecular complexity index is 305. The molecule has 0 unspecified atom stereocenters. The maximum absolute atomic E-state index is 5.57. The van der Waals surface area contributed by atoms with E-state index in [4.69, 9.17) is 5.73 Å². The van der Waals surface area contributed by atoms with Crippen LogP contribution in [0.2, 0.25) is 0 Å². The quantitative estimate of drug-likeness (QED) is 0.718. The number of nitrogens with zero attached hydrogens (tertiary/aromatic N) is 4. The lowest BCUT2D eigenvalue weighted by atomic mass is 9.87. The van der Waals surface area contributed by atoms with E-state index in [1.54, 1.807) is 0 Å². The van der Waals surface area contributed by atoms with Crippen molar-refractivity contribution in [3.63, 3.8) is 0 Å². The van der Waals surface area contributed by atoms with Crippen molar-refractivity contribution in [1.29, 1.82) is 0 Å². The molecule has 1 rings (SSSR count). The van der Waals surface area contributed by atoms with Crippen molar-refractivity contribution in [3.8, 4) is 0 Å². The molecule has 0 aliphatic carbocycles. The Kier molecular flexibility index (Phi) is 4.86. The molecule has 1 heterocycles. The van der Waals surface area contributed by atoms with Crippen LogP contribution in [-0.2, 0) is 13.1 Å². The molecule has 0 fully saturated rings. The molecule has 2 N–H and O–H groups in total. The summed E-state index contributed by atoms with van der Waals surface area (Å²) in [5, 5.41) is 11.5. The molecule has 0 saturated carbocycles. The van der Waals surface area contributed by atoms with Gasteiger partial charge in [0.15, 0.2) is 5.82 Å². The zero-order chi connectivity index (χ0) is 12.0. The van der Waals surface area contributed by atoms with E-state index in [0.717, 1.165) is 12.4 Å². The molecule has 0 atom stereocenters. The summed E-state index contributed by atoms with van der Waals surface area (Å²) in [5.74, 6) is 0.767. The van der Waals surface area contributed by atoms with Gasteiger partial charge >= 0.3 is 0 Å². The van der Waals surface area contributed by atoms with E-state index in [9.17, 15) is 0 Å². The highest BCUT2D eigenvalue weighted by atomic mass is 15.5. The zero-order valence-corrected chi connectivity index (χ0v) is 10.6. The second-order valence-electron chi connectivity index (χ2n) is 5.08. The van der Waals surface area contributed by atoms with Gasteiger partial charge in [-0.15, -0.1) is 5.10 Å². The van der Waals surface area contributed by atoms with Crippen molar-refractivity contribution in [3.05, 3.63) is 5.82 Å². The van der Waals surface area contributed by atoms with Gasteiger partial charge in [0, 0.05) is 6.54 Å². The first-order valence-electron chi connectivity index (χ1n) is 6.04. The lowest BCUT2D eigenvalue weighted by Gasteiger charge is -2.24. The molecule has 0 amide bonds. The maximum atomic E-state index is 5.57. The lowest BCUT2D eigenvalue weighted by Crippen LogP contribution is -2.23. The summed E-state index contributed by atoms with van der Waals surface area (Å²) in [6.07, 6.45) is 5.02. The van der Waals surface area contributed by atoms with E-state index >= 15 is 0 Å². The van der Waals surface area contributed by atoms with Gasteiger partial charge in [-0.3, -0.25) is 0 Å². The Balaban J connectivity index is 2.51. The Morgan fingerprint density at radius 3 is 2.69 bits per heavy atom. The molecular formula is C11H23N5. The summed E-state index contributed by atoms with van der Waals surface area (Å²) in [6.45, 7) is 7.98. The summed E-state index contributed by atoms with van der Waals surface area (Å²) in [7, 11) is 0. The number of aromatic nitrogens is 4. The fourth-order valence-electron chi connectivity index (χ4n) is 1.83. The van der Waals surface area contributed by atoms with Crippen LogP contribution in [0.3, 0.4) is 0 Å². The monoisotopic (exact) mass is 225 g/mol. The fraction of sp³-hybridized carbons (Fsp3) is 0.909. The number of rotatable bonds is 7. The van der Waals surface area contributed by atoms with E-state index in [-0.39, 0.29) is 5.41 Å². The number of unbranched alkanes of at least 4 members (excludes halogenated alkanes) is 2. The van der Waals surface area contributed by atoms with Crippen LogP contribution in [0.25, 0.3) is 0 Å². The molecule has 5 nitrogen and oxygen atoms in total. The molecule has 0 bridgehead atoms. The van der Waals surface area contributed by atoms with E-state index in [0.29, 0.717) is 6.54 Å². The third kappa shape index (κ3) is 3.89. The van der Waals surface area contributed by atoms with Gasteiger partial charge in [0.25, 0.3) is 0 Å². The smallest absolute Gasteiger partial charge is 0.164 e. The highest BCUT2D eigenvalue weighted by molar-refractivity contribution is 4.81. The SMILES string of the molecule is CCCCCC(C)(C)Cn1nnnc1CN. The molecule has 0 spiro atoms. The Labute approximate surface area is 97.4 Å². The Hall–Kier alpha value is -0.970. The third-order valence-corrected chi connectivity index (χ3v) is 2.82. The zero-order valence-electron chi connectivity index (χ0n) is 10.6. The highest BCUT2D eigenvalue weighted by Gasteiger charge is 2.20. The average Bonchev–Trinajstić information content (AvgIpc) is 2.64. The Morgan fingerprint density at radius 1 is 1.31 bits per heavy atom. The van der Waals surface area contributed by atoms with E-state index in [1.807, 2.05) is 4.68 Å². The maximum Gasteiger partial charge on any atom is 0.164 e. The highest BCUT2D eigenvalue weighted by Crippen LogP contribution is 2.25. The minimum Gasteiger partial charge on any atom is -0.324 e. The van der Waals surface area contributed by atoms with E-state index in [1.165, 1.54) is 25.7 Å². The molecule has 0 aromatic carbocycles. The summed E-state index contributed by atoms with van der Waals surface area (Å²) >= 11 is 0. The normalized spacial score (nSPS) is 12.0. The first kappa shape index (κ1) is 13.1. The predicted molar refractivity (Wildman–Crippen MR) is 63.6 cm³/mol. The summed E-state index contributed by atoms with van der Waals surface area (Å²) < 4.78 is 1.83. The average molecular weight is 225 g/mol. The molecule has 0 aliphatic rings. The van der Waals surface area contributed by atoms with Crippen LogP contribution in [0.4, 0.5) is 0 Å². The fourth-order valence-corrected chi connectivity index (χ4v) is 1.83. The minimum atomic E-state index is 0.231. The standard InChI is InChI=1S/C11H23N5/c1-4-5-6-7-11(2,3)9-16-10(8-12)13-14-15-16/h4-9,12H2,1-3H3. The van der Waals surface area contributed by atoms with E-state index in [2.05, 4.69) is 36.3 Å². The largest absolute Gasteiger partial charge is 0.324 e. The number of tetrazole rings is 1. The van der Waals surface area contributed by atoms with Crippen molar-refractivity contribution in [2.45, 2.75) is 59.5 Å². The van der Waals surface area contributed by atoms with Crippen LogP contribution >= 0.6 is 0 Å². The summed E-state index contributed by atoms with van der Waals surface area (Å²) in [4.78, 5) is 0. The van der Waals surface area contributed by atoms with Crippen molar-refractivity contribution < 1.29 is 0 Å².